The van der Waals surface area contributed by atoms with E-state index in [0.717, 1.165) is 12.1 Å². The van der Waals surface area contributed by atoms with Gasteiger partial charge in [-0.05, 0) is 36.7 Å². The van der Waals surface area contributed by atoms with Crippen molar-refractivity contribution in [2.75, 3.05) is 0 Å². The lowest BCUT2D eigenvalue weighted by molar-refractivity contribution is 0.509. The lowest BCUT2D eigenvalue weighted by atomic mass is 9.36. The highest BCUT2D eigenvalue weighted by atomic mass is 79.9. The summed E-state index contributed by atoms with van der Waals surface area (Å²) in [6, 6.07) is 3.47. The minimum atomic E-state index is -3.50. The molecule has 33 heavy (non-hydrogen) atoms. The van der Waals surface area contributed by atoms with E-state index in [0.29, 0.717) is 12.2 Å². The van der Waals surface area contributed by atoms with Crippen molar-refractivity contribution in [3.63, 3.8) is 0 Å². The fourth-order valence-corrected chi connectivity index (χ4v) is 4.24. The maximum absolute atomic E-state index is 16.3. The van der Waals surface area contributed by atoms with Gasteiger partial charge in [0, 0.05) is 53.3 Å². The zero-order valence-corrected chi connectivity index (χ0v) is 17.9. The third kappa shape index (κ3) is 4.35. The van der Waals surface area contributed by atoms with Crippen LogP contribution in [0.25, 0.3) is 0 Å². The van der Waals surface area contributed by atoms with E-state index in [2.05, 4.69) is 15.9 Å². The third-order valence-electron chi connectivity index (χ3n) is 5.03. The van der Waals surface area contributed by atoms with Crippen LogP contribution in [-0.4, -0.2) is 6.71 Å². The second kappa shape index (κ2) is 9.37. The number of halogens is 8. The van der Waals surface area contributed by atoms with E-state index in [4.69, 9.17) is 8.22 Å². The van der Waals surface area contributed by atoms with Crippen molar-refractivity contribution in [1.29, 1.82) is 0 Å². The molecule has 0 N–H and O–H groups in total. The van der Waals surface area contributed by atoms with Gasteiger partial charge in [0.25, 0.3) is 6.71 Å². The van der Waals surface area contributed by atoms with Crippen LogP contribution in [0.2, 0.25) is 0 Å². The zero-order valence-electron chi connectivity index (χ0n) is 22.3. The summed E-state index contributed by atoms with van der Waals surface area (Å²) in [5.41, 5.74) is -4.94. The van der Waals surface area contributed by atoms with Crippen LogP contribution in [0.5, 0.6) is 0 Å². The highest BCUT2D eigenvalue weighted by Gasteiger charge is 2.39. The van der Waals surface area contributed by atoms with Gasteiger partial charge in [-0.15, -0.1) is 0 Å². The van der Waals surface area contributed by atoms with Crippen LogP contribution in [0.15, 0.2) is 53.0 Å². The van der Waals surface area contributed by atoms with E-state index in [9.17, 15) is 4.39 Å². The average molecular weight is 533 g/mol. The highest BCUT2D eigenvalue weighted by molar-refractivity contribution is 9.10. The van der Waals surface area contributed by atoms with Crippen LogP contribution in [0.4, 0.5) is 30.7 Å². The maximum atomic E-state index is 16.3. The van der Waals surface area contributed by atoms with E-state index in [-0.39, 0.29) is 22.7 Å². The Morgan fingerprint density at radius 1 is 0.848 bits per heavy atom. The first-order valence-corrected chi connectivity index (χ1v) is 10.1. The van der Waals surface area contributed by atoms with Crippen molar-refractivity contribution in [3.8, 4) is 0 Å². The van der Waals surface area contributed by atoms with Crippen molar-refractivity contribution < 1.29 is 39.0 Å². The Morgan fingerprint density at radius 3 is 2.18 bits per heavy atom. The number of hydrogen-bond acceptors (Lipinski definition) is 0. The molecule has 0 spiro atoms. The molecule has 3 aromatic carbocycles. The largest absolute Gasteiger partial charge is 0.261 e. The Hall–Kier alpha value is -2.55. The predicted molar refractivity (Wildman–Crippen MR) is 117 cm³/mol. The summed E-state index contributed by atoms with van der Waals surface area (Å²) in [5.74, 6) is -15.0. The molecule has 3 aromatic rings. The number of rotatable bonds is 4. The van der Waals surface area contributed by atoms with E-state index in [1.807, 2.05) is 0 Å². The molecule has 0 heterocycles. The SMILES string of the molecule is [2H]C1C=CC([2H])(c2c(F)cc(F)c(B(c3c(F)cc(F)cc3F)c3c(F)cccc3Br)c2F)C([2H])([2H])C1([2H])[2H]. The molecule has 0 bridgehead atoms. The Balaban J connectivity index is 2.15. The Labute approximate surface area is 202 Å². The van der Waals surface area contributed by atoms with Gasteiger partial charge >= 0.3 is 0 Å². The molecule has 170 valence electrons. The Bertz CT molecular complexity index is 1480. The summed E-state index contributed by atoms with van der Waals surface area (Å²) in [6.07, 6.45) is -7.34. The van der Waals surface area contributed by atoms with Gasteiger partial charge in [0.15, 0.2) is 0 Å². The van der Waals surface area contributed by atoms with Crippen LogP contribution in [0.1, 0.15) is 38.8 Å². The van der Waals surface area contributed by atoms with Crippen LogP contribution in [-0.2, 0) is 0 Å². The molecule has 0 amide bonds. The quantitative estimate of drug-likeness (QED) is 0.227. The molecule has 0 aromatic heterocycles. The zero-order chi connectivity index (χ0) is 29.2. The summed E-state index contributed by atoms with van der Waals surface area (Å²) in [5, 5.41) is 0. The average Bonchev–Trinajstić information content (AvgIpc) is 2.80. The van der Waals surface area contributed by atoms with Gasteiger partial charge in [-0.3, -0.25) is 0 Å². The lowest BCUT2D eigenvalue weighted by Crippen LogP contribution is -2.58. The smallest absolute Gasteiger partial charge is 0.208 e. The van der Waals surface area contributed by atoms with Gasteiger partial charge in [0.1, 0.15) is 40.7 Å². The molecule has 0 saturated carbocycles. The number of benzene rings is 3. The number of allylic oxidation sites excluding steroid dienone is 2. The van der Waals surface area contributed by atoms with Crippen molar-refractivity contribution in [2.45, 2.75) is 25.0 Å². The predicted octanol–water partition coefficient (Wildman–Crippen LogP) is 5.76. The summed E-state index contributed by atoms with van der Waals surface area (Å²) in [4.78, 5) is 0. The molecule has 2 unspecified atom stereocenters. The van der Waals surface area contributed by atoms with Crippen molar-refractivity contribution in [2.24, 2.45) is 0 Å². The molecule has 2 atom stereocenters. The normalized spacial score (nSPS) is 25.9. The topological polar surface area (TPSA) is 0 Å². The maximum Gasteiger partial charge on any atom is 0.261 e. The van der Waals surface area contributed by atoms with Gasteiger partial charge in [0.2, 0.25) is 0 Å². The molecular formula is C24H15BBrF7. The van der Waals surface area contributed by atoms with Gasteiger partial charge < -0.3 is 0 Å². The molecule has 0 aliphatic heterocycles. The number of hydrogen-bond donors (Lipinski definition) is 0. The van der Waals surface area contributed by atoms with Gasteiger partial charge in [-0.25, -0.2) is 30.7 Å². The summed E-state index contributed by atoms with van der Waals surface area (Å²) < 4.78 is 154. The monoisotopic (exact) mass is 532 g/mol. The standard InChI is InChI=1S/C24H15BBrF7/c26-14-7-4-8-15(28)21(14)25(22-17(30)9-13(27)10-18(22)31)23-19(32)11-16(29)20(24(23)33)12-5-2-1-3-6-12/h2,4-5,7-12H,1,3,6H2/i1D,3D2,6D2,12D. The van der Waals surface area contributed by atoms with Crippen LogP contribution < -0.4 is 16.4 Å². The van der Waals surface area contributed by atoms with Gasteiger partial charge in [0.05, 0.1) is 0 Å². The van der Waals surface area contributed by atoms with E-state index in [1.165, 1.54) is 6.07 Å². The Morgan fingerprint density at radius 2 is 1.52 bits per heavy atom. The summed E-state index contributed by atoms with van der Waals surface area (Å²) in [6.45, 7) is -2.40. The van der Waals surface area contributed by atoms with Crippen molar-refractivity contribution >= 4 is 39.0 Å². The van der Waals surface area contributed by atoms with Gasteiger partial charge in [-0.1, -0.05) is 34.1 Å². The third-order valence-corrected chi connectivity index (χ3v) is 5.73. The van der Waals surface area contributed by atoms with Crippen LogP contribution >= 0.6 is 15.9 Å². The first-order valence-electron chi connectivity index (χ1n) is 12.4. The van der Waals surface area contributed by atoms with E-state index < -0.39 is 94.4 Å². The molecule has 0 saturated heterocycles. The lowest BCUT2D eigenvalue weighted by Gasteiger charge is -2.24. The molecule has 1 aliphatic rings. The molecular weight excluding hydrogens is 512 g/mol. The summed E-state index contributed by atoms with van der Waals surface area (Å²) in [7, 11) is 0. The molecule has 0 fully saturated rings. The minimum Gasteiger partial charge on any atom is -0.208 e. The summed E-state index contributed by atoms with van der Waals surface area (Å²) >= 11 is 2.96. The van der Waals surface area contributed by atoms with E-state index in [1.54, 1.807) is 0 Å². The molecule has 0 radical (unpaired) electrons. The molecule has 0 nitrogen and oxygen atoms in total. The highest BCUT2D eigenvalue weighted by Crippen LogP contribution is 2.32. The first-order chi connectivity index (χ1) is 18.0. The molecule has 1 aliphatic carbocycles. The second-order valence-corrected chi connectivity index (χ2v) is 7.86. The van der Waals surface area contributed by atoms with Crippen LogP contribution in [0.3, 0.4) is 0 Å². The van der Waals surface area contributed by atoms with Crippen molar-refractivity contribution in [3.05, 3.63) is 99.3 Å². The molecule has 9 heteroatoms. The Kier molecular flexibility index (Phi) is 4.82. The fraction of sp³-hybridized carbons (Fsp3) is 0.167. The molecule has 4 rings (SSSR count). The first kappa shape index (κ1) is 17.0. The van der Waals surface area contributed by atoms with Crippen molar-refractivity contribution in [1.82, 2.24) is 0 Å². The minimum absolute atomic E-state index is 0.00258. The second-order valence-electron chi connectivity index (χ2n) is 7.00. The fourth-order valence-electron chi connectivity index (χ4n) is 3.67. The van der Waals surface area contributed by atoms with Gasteiger partial charge in [-0.2, -0.15) is 0 Å². The van der Waals surface area contributed by atoms with Crippen LogP contribution in [0, 0.1) is 40.7 Å². The van der Waals surface area contributed by atoms with E-state index >= 15 is 26.3 Å².